The molecule has 0 radical (unpaired) electrons. The van der Waals surface area contributed by atoms with Crippen molar-refractivity contribution in [2.75, 3.05) is 22.7 Å². The molecule has 0 unspecified atom stereocenters. The van der Waals surface area contributed by atoms with Crippen LogP contribution in [-0.4, -0.2) is 34.5 Å². The number of hydrazine groups is 1. The number of nitrogens with one attached hydrogen (secondary N) is 3. The second kappa shape index (κ2) is 7.98. The van der Waals surface area contributed by atoms with Crippen LogP contribution in [0.5, 0.6) is 0 Å². The summed E-state index contributed by atoms with van der Waals surface area (Å²) in [6, 6.07) is 12.9. The van der Waals surface area contributed by atoms with Crippen LogP contribution in [0.1, 0.15) is 6.92 Å². The van der Waals surface area contributed by atoms with Crippen LogP contribution in [0, 0.1) is 0 Å². The van der Waals surface area contributed by atoms with Gasteiger partial charge in [0.1, 0.15) is 0 Å². The minimum atomic E-state index is -4.22. The topological polar surface area (TPSA) is 129 Å². The maximum atomic E-state index is 11.1. The molecule has 1 aromatic carbocycles. The van der Waals surface area contributed by atoms with Crippen molar-refractivity contribution in [3.05, 3.63) is 54.7 Å². The molecule has 27 heavy (non-hydrogen) atoms. The lowest BCUT2D eigenvalue weighted by molar-refractivity contribution is 0.483. The van der Waals surface area contributed by atoms with Crippen molar-refractivity contribution in [2.24, 2.45) is 0 Å². The molecule has 0 atom stereocenters. The van der Waals surface area contributed by atoms with Gasteiger partial charge in [0.15, 0.2) is 5.82 Å². The molecule has 0 aliphatic heterocycles. The number of nitrogens with zero attached hydrogens (tertiary/aromatic N) is 3. The van der Waals surface area contributed by atoms with Gasteiger partial charge >= 0.3 is 0 Å². The number of hydrogen-bond acceptors (Lipinski definition) is 8. The fourth-order valence-corrected chi connectivity index (χ4v) is 2.72. The molecule has 0 saturated heterocycles. The smallest absolute Gasteiger partial charge is 0.294 e. The summed E-state index contributed by atoms with van der Waals surface area (Å²) in [7, 11) is -4.22. The third-order valence-electron chi connectivity index (χ3n) is 3.48. The third-order valence-corrected chi connectivity index (χ3v) is 4.34. The number of aromatic nitrogens is 3. The highest BCUT2D eigenvalue weighted by Gasteiger charge is 2.09. The highest BCUT2D eigenvalue weighted by atomic mass is 32.2. The third kappa shape index (κ3) is 4.90. The number of pyridine rings is 1. The van der Waals surface area contributed by atoms with Crippen LogP contribution in [0.4, 0.5) is 17.5 Å². The molecule has 0 aliphatic rings. The molecular formula is C17H18N6O3S. The van der Waals surface area contributed by atoms with Gasteiger partial charge in [-0.3, -0.25) is 20.4 Å². The number of anilines is 3. The van der Waals surface area contributed by atoms with Gasteiger partial charge in [-0.05, 0) is 43.3 Å². The van der Waals surface area contributed by atoms with Gasteiger partial charge in [0.2, 0.25) is 5.95 Å². The summed E-state index contributed by atoms with van der Waals surface area (Å²) in [6.07, 6.45) is 1.69. The van der Waals surface area contributed by atoms with E-state index in [0.717, 1.165) is 0 Å². The minimum absolute atomic E-state index is 0.179. The van der Waals surface area contributed by atoms with E-state index in [4.69, 9.17) is 4.55 Å². The molecule has 0 fully saturated rings. The monoisotopic (exact) mass is 386 g/mol. The van der Waals surface area contributed by atoms with Gasteiger partial charge in [-0.25, -0.2) is 4.98 Å². The van der Waals surface area contributed by atoms with Gasteiger partial charge < -0.3 is 5.32 Å². The standard InChI is InChI=1S/C17H18N6O3S/c1-2-18-17-20-15(14-5-3-4-10-19-14)11-16(21-17)23-22-12-6-8-13(9-7-12)27(24,25)26/h3-11,22H,2H2,1H3,(H,24,25,26)(H2,18,20,21,23). The van der Waals surface area contributed by atoms with Crippen molar-refractivity contribution < 1.29 is 13.0 Å². The lowest BCUT2D eigenvalue weighted by Gasteiger charge is -2.12. The summed E-state index contributed by atoms with van der Waals surface area (Å²) in [6.45, 7) is 2.61. The Balaban J connectivity index is 1.80. The van der Waals surface area contributed by atoms with Crippen molar-refractivity contribution in [1.29, 1.82) is 0 Å². The molecular weight excluding hydrogens is 368 g/mol. The van der Waals surface area contributed by atoms with E-state index in [-0.39, 0.29) is 4.90 Å². The molecule has 2 heterocycles. The van der Waals surface area contributed by atoms with E-state index in [2.05, 4.69) is 31.1 Å². The van der Waals surface area contributed by atoms with E-state index in [1.54, 1.807) is 12.3 Å². The summed E-state index contributed by atoms with van der Waals surface area (Å²) >= 11 is 0. The van der Waals surface area contributed by atoms with E-state index >= 15 is 0 Å². The molecule has 0 saturated carbocycles. The zero-order valence-electron chi connectivity index (χ0n) is 14.4. The summed E-state index contributed by atoms with van der Waals surface area (Å²) in [5.41, 5.74) is 7.81. The van der Waals surface area contributed by atoms with Crippen molar-refractivity contribution >= 4 is 27.6 Å². The predicted molar refractivity (Wildman–Crippen MR) is 103 cm³/mol. The minimum Gasteiger partial charge on any atom is -0.354 e. The van der Waals surface area contributed by atoms with Gasteiger partial charge in [-0.2, -0.15) is 13.4 Å². The molecule has 0 bridgehead atoms. The molecule has 3 aromatic rings. The zero-order chi connectivity index (χ0) is 19.3. The van der Waals surface area contributed by atoms with Gasteiger partial charge in [0.05, 0.1) is 22.0 Å². The second-order valence-electron chi connectivity index (χ2n) is 5.46. The SMILES string of the molecule is CCNc1nc(NNc2ccc(S(=O)(=O)O)cc2)cc(-c2ccccn2)n1. The molecule has 4 N–H and O–H groups in total. The molecule has 0 aliphatic carbocycles. The molecule has 9 nitrogen and oxygen atoms in total. The average Bonchev–Trinajstić information content (AvgIpc) is 2.67. The van der Waals surface area contributed by atoms with Crippen molar-refractivity contribution in [3.8, 4) is 11.4 Å². The molecule has 140 valence electrons. The Hall–Kier alpha value is -3.24. The molecule has 0 amide bonds. The van der Waals surface area contributed by atoms with Crippen molar-refractivity contribution in [3.63, 3.8) is 0 Å². The van der Waals surface area contributed by atoms with Crippen LogP contribution in [-0.2, 0) is 10.1 Å². The van der Waals surface area contributed by atoms with E-state index < -0.39 is 10.1 Å². The fraction of sp³-hybridized carbons (Fsp3) is 0.118. The number of hydrogen-bond donors (Lipinski definition) is 4. The van der Waals surface area contributed by atoms with Crippen molar-refractivity contribution in [2.45, 2.75) is 11.8 Å². The zero-order valence-corrected chi connectivity index (χ0v) is 15.2. The summed E-state index contributed by atoms with van der Waals surface area (Å²) < 4.78 is 31.2. The average molecular weight is 386 g/mol. The first-order valence-corrected chi connectivity index (χ1v) is 9.53. The normalized spacial score (nSPS) is 11.0. The lowest BCUT2D eigenvalue weighted by Crippen LogP contribution is -2.12. The lowest BCUT2D eigenvalue weighted by atomic mass is 10.2. The Bertz CT molecular complexity index is 1010. The number of rotatable bonds is 7. The highest BCUT2D eigenvalue weighted by molar-refractivity contribution is 7.85. The van der Waals surface area contributed by atoms with Gasteiger partial charge in [0.25, 0.3) is 10.1 Å². The van der Waals surface area contributed by atoms with E-state index in [1.165, 1.54) is 24.3 Å². The van der Waals surface area contributed by atoms with Gasteiger partial charge in [-0.15, -0.1) is 0 Å². The Labute approximate surface area is 156 Å². The van der Waals surface area contributed by atoms with Gasteiger partial charge in [-0.1, -0.05) is 6.07 Å². The summed E-state index contributed by atoms with van der Waals surface area (Å²) in [4.78, 5) is 12.9. The van der Waals surface area contributed by atoms with E-state index in [1.807, 2.05) is 25.1 Å². The predicted octanol–water partition coefficient (Wildman–Crippen LogP) is 2.66. The van der Waals surface area contributed by atoms with Crippen LogP contribution in [0.15, 0.2) is 59.6 Å². The van der Waals surface area contributed by atoms with Crippen LogP contribution in [0.2, 0.25) is 0 Å². The maximum Gasteiger partial charge on any atom is 0.294 e. The first-order valence-electron chi connectivity index (χ1n) is 8.09. The first kappa shape index (κ1) is 18.5. The molecule has 3 rings (SSSR count). The number of benzene rings is 1. The van der Waals surface area contributed by atoms with Crippen LogP contribution < -0.4 is 16.2 Å². The van der Waals surface area contributed by atoms with E-state index in [0.29, 0.717) is 35.4 Å². The van der Waals surface area contributed by atoms with Crippen molar-refractivity contribution in [1.82, 2.24) is 15.0 Å². The second-order valence-corrected chi connectivity index (χ2v) is 6.88. The Morgan fingerprint density at radius 3 is 2.41 bits per heavy atom. The highest BCUT2D eigenvalue weighted by Crippen LogP contribution is 2.20. The van der Waals surface area contributed by atoms with Crippen LogP contribution in [0.25, 0.3) is 11.4 Å². The summed E-state index contributed by atoms with van der Waals surface area (Å²) in [5, 5.41) is 3.07. The quantitative estimate of drug-likeness (QED) is 0.358. The molecule has 10 heteroatoms. The first-order chi connectivity index (χ1) is 13.0. The molecule has 2 aromatic heterocycles. The molecule has 0 spiro atoms. The Morgan fingerprint density at radius 2 is 1.78 bits per heavy atom. The van der Waals surface area contributed by atoms with Crippen LogP contribution in [0.3, 0.4) is 0 Å². The Morgan fingerprint density at radius 1 is 1.00 bits per heavy atom. The Kier molecular flexibility index (Phi) is 5.48. The van der Waals surface area contributed by atoms with E-state index in [9.17, 15) is 8.42 Å². The largest absolute Gasteiger partial charge is 0.354 e. The fourth-order valence-electron chi connectivity index (χ4n) is 2.24. The van der Waals surface area contributed by atoms with Gasteiger partial charge in [0, 0.05) is 18.8 Å². The van der Waals surface area contributed by atoms with Crippen LogP contribution >= 0.6 is 0 Å². The maximum absolute atomic E-state index is 11.1. The summed E-state index contributed by atoms with van der Waals surface area (Å²) in [5.74, 6) is 0.951.